The van der Waals surface area contributed by atoms with Crippen LogP contribution in [0, 0.1) is 9.49 Å². The fourth-order valence-corrected chi connectivity index (χ4v) is 2.67. The zero-order valence-corrected chi connectivity index (χ0v) is 14.6. The molecule has 0 fully saturated rings. The first kappa shape index (κ1) is 17.9. The van der Waals surface area contributed by atoms with E-state index in [0.717, 1.165) is 12.8 Å². The van der Waals surface area contributed by atoms with Gasteiger partial charge >= 0.3 is 11.9 Å². The summed E-state index contributed by atoms with van der Waals surface area (Å²) in [6.45, 7) is 4.00. The fraction of sp³-hybridized carbons (Fsp3) is 0.500. The molecule has 0 spiro atoms. The van der Waals surface area contributed by atoms with Crippen molar-refractivity contribution in [1.29, 1.82) is 0 Å². The summed E-state index contributed by atoms with van der Waals surface area (Å²) in [4.78, 5) is 23.7. The molecule has 0 atom stereocenters. The summed E-state index contributed by atoms with van der Waals surface area (Å²) in [7, 11) is 0. The molecule has 1 aromatic carbocycles. The molecule has 0 aliphatic rings. The summed E-state index contributed by atoms with van der Waals surface area (Å²) < 4.78 is 11.1. The van der Waals surface area contributed by atoms with E-state index in [1.54, 1.807) is 13.8 Å². The number of carbonyl (C=O) groups excluding carboxylic acids is 2. The van der Waals surface area contributed by atoms with E-state index in [0.29, 0.717) is 6.42 Å². The molecule has 4 nitrogen and oxygen atoms in total. The van der Waals surface area contributed by atoms with Crippen molar-refractivity contribution in [2.45, 2.75) is 33.1 Å². The smallest absolute Gasteiger partial charge is 0.320 e. The number of rotatable bonds is 8. The molecule has 0 N–H and O–H groups in total. The Morgan fingerprint density at radius 3 is 2.19 bits per heavy atom. The number of carbonyl (C=O) groups is 2. The van der Waals surface area contributed by atoms with E-state index in [1.165, 1.54) is 9.13 Å². The Kier molecular flexibility index (Phi) is 8.34. The Labute approximate surface area is 139 Å². The maximum atomic E-state index is 11.8. The molecule has 1 rings (SSSR count). The van der Waals surface area contributed by atoms with Crippen molar-refractivity contribution in [2.24, 2.45) is 5.92 Å². The summed E-state index contributed by atoms with van der Waals surface area (Å²) in [5.74, 6) is -1.79. The maximum absolute atomic E-state index is 11.8. The van der Waals surface area contributed by atoms with Crippen LogP contribution in [0.3, 0.4) is 0 Å². The summed E-state index contributed by atoms with van der Waals surface area (Å²) in [5, 5.41) is 0. The lowest BCUT2D eigenvalue weighted by molar-refractivity contribution is -0.161. The van der Waals surface area contributed by atoms with Gasteiger partial charge in [0.2, 0.25) is 0 Å². The van der Waals surface area contributed by atoms with Crippen LogP contribution in [0.25, 0.3) is 0 Å². The number of benzene rings is 1. The highest BCUT2D eigenvalue weighted by Crippen LogP contribution is 2.18. The van der Waals surface area contributed by atoms with Crippen LogP contribution in [0.2, 0.25) is 0 Å². The second-order valence-corrected chi connectivity index (χ2v) is 5.70. The van der Waals surface area contributed by atoms with Gasteiger partial charge in [0.05, 0.1) is 13.2 Å². The number of ether oxygens (including phenoxy) is 2. The van der Waals surface area contributed by atoms with E-state index < -0.39 is 17.9 Å². The Bertz CT molecular complexity index is 455. The summed E-state index contributed by atoms with van der Waals surface area (Å²) in [5.41, 5.74) is 1.23. The van der Waals surface area contributed by atoms with Crippen molar-refractivity contribution >= 4 is 34.5 Å². The average Bonchev–Trinajstić information content (AvgIpc) is 2.45. The van der Waals surface area contributed by atoms with Gasteiger partial charge in [0.25, 0.3) is 0 Å². The molecule has 0 aliphatic heterocycles. The van der Waals surface area contributed by atoms with Crippen LogP contribution >= 0.6 is 22.6 Å². The number of esters is 2. The van der Waals surface area contributed by atoms with Crippen LogP contribution in [0.5, 0.6) is 0 Å². The van der Waals surface area contributed by atoms with Crippen LogP contribution in [-0.2, 0) is 25.5 Å². The Morgan fingerprint density at radius 2 is 1.67 bits per heavy atom. The van der Waals surface area contributed by atoms with Crippen LogP contribution in [0.4, 0.5) is 0 Å². The summed E-state index contributed by atoms with van der Waals surface area (Å²) in [6, 6.07) is 8.09. The van der Waals surface area contributed by atoms with Gasteiger partial charge in [-0.25, -0.2) is 0 Å². The first-order valence-electron chi connectivity index (χ1n) is 7.16. The molecule has 0 aromatic heterocycles. The van der Waals surface area contributed by atoms with E-state index in [2.05, 4.69) is 28.7 Å². The van der Waals surface area contributed by atoms with Crippen LogP contribution in [0.1, 0.15) is 32.3 Å². The summed E-state index contributed by atoms with van der Waals surface area (Å²) in [6.07, 6.45) is 2.01. The van der Waals surface area contributed by atoms with Crippen molar-refractivity contribution < 1.29 is 19.1 Å². The van der Waals surface area contributed by atoms with Crippen molar-refractivity contribution in [1.82, 2.24) is 0 Å². The van der Waals surface area contributed by atoms with Gasteiger partial charge in [0.15, 0.2) is 5.92 Å². The lowest BCUT2D eigenvalue weighted by Gasteiger charge is -2.14. The minimum absolute atomic E-state index is 0.269. The van der Waals surface area contributed by atoms with Crippen LogP contribution in [0.15, 0.2) is 24.3 Å². The zero-order chi connectivity index (χ0) is 15.7. The van der Waals surface area contributed by atoms with E-state index in [9.17, 15) is 9.59 Å². The van der Waals surface area contributed by atoms with E-state index in [1.807, 2.05) is 18.2 Å². The predicted molar refractivity (Wildman–Crippen MR) is 88.9 cm³/mol. The molecule has 0 unspecified atom stereocenters. The third-order valence-electron chi connectivity index (χ3n) is 3.04. The third kappa shape index (κ3) is 6.03. The van der Waals surface area contributed by atoms with Crippen molar-refractivity contribution in [3.05, 3.63) is 33.4 Å². The molecule has 0 radical (unpaired) electrons. The Morgan fingerprint density at radius 1 is 1.10 bits per heavy atom. The number of hydrogen-bond donors (Lipinski definition) is 0. The lowest BCUT2D eigenvalue weighted by atomic mass is 9.99. The third-order valence-corrected chi connectivity index (χ3v) is 4.09. The van der Waals surface area contributed by atoms with Gasteiger partial charge in [0.1, 0.15) is 0 Å². The highest BCUT2D eigenvalue weighted by Gasteiger charge is 2.28. The molecular weight excluding hydrogens is 383 g/mol. The molecule has 1 aromatic rings. The van der Waals surface area contributed by atoms with Crippen molar-refractivity contribution in [3.63, 3.8) is 0 Å². The minimum atomic E-state index is -0.814. The number of aryl methyl sites for hydroxylation is 1. The predicted octanol–water partition coefficient (Wildman–Crippen LogP) is 3.36. The van der Waals surface area contributed by atoms with Gasteiger partial charge in [-0.2, -0.15) is 0 Å². The van der Waals surface area contributed by atoms with Crippen molar-refractivity contribution in [2.75, 3.05) is 13.2 Å². The highest BCUT2D eigenvalue weighted by atomic mass is 127. The summed E-state index contributed by atoms with van der Waals surface area (Å²) >= 11 is 2.29. The van der Waals surface area contributed by atoms with E-state index >= 15 is 0 Å². The number of halogens is 1. The fourth-order valence-electron chi connectivity index (χ4n) is 2.02. The zero-order valence-electron chi connectivity index (χ0n) is 12.4. The molecule has 0 saturated heterocycles. The van der Waals surface area contributed by atoms with Gasteiger partial charge in [-0.15, -0.1) is 0 Å². The van der Waals surface area contributed by atoms with Crippen LogP contribution in [-0.4, -0.2) is 25.2 Å². The quantitative estimate of drug-likeness (QED) is 0.379. The standard InChI is InChI=1S/C16H21IO4/c1-3-20-15(18)13(16(19)21-4-2)10-7-9-12-8-5-6-11-14(12)17/h5-6,8,11,13H,3-4,7,9-10H2,1-2H3. The van der Waals surface area contributed by atoms with Gasteiger partial charge in [-0.1, -0.05) is 18.2 Å². The molecule has 5 heteroatoms. The SMILES string of the molecule is CCOC(=O)C(CCCc1ccccc1I)C(=O)OCC. The van der Waals surface area contributed by atoms with Gasteiger partial charge < -0.3 is 9.47 Å². The largest absolute Gasteiger partial charge is 0.465 e. The van der Waals surface area contributed by atoms with E-state index in [-0.39, 0.29) is 13.2 Å². The second-order valence-electron chi connectivity index (χ2n) is 4.54. The molecular formula is C16H21IO4. The average molecular weight is 404 g/mol. The minimum Gasteiger partial charge on any atom is -0.465 e. The first-order valence-corrected chi connectivity index (χ1v) is 8.24. The van der Waals surface area contributed by atoms with E-state index in [4.69, 9.17) is 9.47 Å². The molecule has 0 aliphatic carbocycles. The Hall–Kier alpha value is -1.11. The highest BCUT2D eigenvalue weighted by molar-refractivity contribution is 14.1. The molecule has 116 valence electrons. The Balaban J connectivity index is 2.58. The normalized spacial score (nSPS) is 10.5. The molecule has 0 heterocycles. The molecule has 0 bridgehead atoms. The monoisotopic (exact) mass is 404 g/mol. The lowest BCUT2D eigenvalue weighted by Crippen LogP contribution is -2.28. The van der Waals surface area contributed by atoms with Gasteiger partial charge in [-0.3, -0.25) is 9.59 Å². The van der Waals surface area contributed by atoms with Gasteiger partial charge in [-0.05, 0) is 67.3 Å². The topological polar surface area (TPSA) is 52.6 Å². The number of hydrogen-bond acceptors (Lipinski definition) is 4. The van der Waals surface area contributed by atoms with Gasteiger partial charge in [0, 0.05) is 3.57 Å². The van der Waals surface area contributed by atoms with Crippen molar-refractivity contribution in [3.8, 4) is 0 Å². The molecule has 0 saturated carbocycles. The second kappa shape index (κ2) is 9.76. The molecule has 0 amide bonds. The first-order chi connectivity index (χ1) is 10.1. The molecule has 21 heavy (non-hydrogen) atoms. The maximum Gasteiger partial charge on any atom is 0.320 e. The van der Waals surface area contributed by atoms with Crippen LogP contribution < -0.4 is 0 Å².